The normalized spacial score (nSPS) is 12.1. The molecule has 0 radical (unpaired) electrons. The maximum absolute atomic E-state index is 11.6. The van der Waals surface area contributed by atoms with Crippen LogP contribution < -0.4 is 11.2 Å². The van der Waals surface area contributed by atoms with Crippen LogP contribution in [-0.4, -0.2) is 12.5 Å². The second-order valence-electron chi connectivity index (χ2n) is 4.07. The Kier molecular flexibility index (Phi) is 6.29. The van der Waals surface area contributed by atoms with Crippen LogP contribution in [0.15, 0.2) is 30.3 Å². The highest BCUT2D eigenvalue weighted by Gasteiger charge is 2.11. The van der Waals surface area contributed by atoms with E-state index in [0.29, 0.717) is 13.2 Å². The van der Waals surface area contributed by atoms with Crippen molar-refractivity contribution in [3.63, 3.8) is 0 Å². The molecule has 0 fully saturated rings. The molecule has 0 aliphatic rings. The van der Waals surface area contributed by atoms with Crippen molar-refractivity contribution in [2.75, 3.05) is 6.54 Å². The highest BCUT2D eigenvalue weighted by Crippen LogP contribution is 2.05. The first-order valence-electron chi connectivity index (χ1n) is 5.89. The van der Waals surface area contributed by atoms with Crippen LogP contribution in [0.5, 0.6) is 0 Å². The summed E-state index contributed by atoms with van der Waals surface area (Å²) < 4.78 is 0. The number of hydrogen-bond donors (Lipinski definition) is 2. The van der Waals surface area contributed by atoms with Crippen molar-refractivity contribution in [2.24, 2.45) is 11.7 Å². The van der Waals surface area contributed by atoms with E-state index in [0.717, 1.165) is 18.4 Å². The van der Waals surface area contributed by atoms with Crippen LogP contribution in [0.3, 0.4) is 0 Å². The highest BCUT2D eigenvalue weighted by molar-refractivity contribution is 5.77. The topological polar surface area (TPSA) is 64.4 Å². The van der Waals surface area contributed by atoms with E-state index < -0.39 is 0 Å². The first-order valence-corrected chi connectivity index (χ1v) is 5.89. The first kappa shape index (κ1) is 13.7. The van der Waals surface area contributed by atoms with Crippen molar-refractivity contribution in [2.45, 2.75) is 26.4 Å². The number of nitrogens with one attached hydrogen (secondary N) is 1. The van der Waals surface area contributed by atoms with Gasteiger partial charge in [-0.05, 0) is 24.9 Å². The van der Waals surface area contributed by atoms with Gasteiger partial charge in [-0.1, -0.05) is 37.3 Å². The fourth-order valence-electron chi connectivity index (χ4n) is 1.42. The zero-order valence-electron chi connectivity index (χ0n) is 10.2. The summed E-state index contributed by atoms with van der Waals surface area (Å²) >= 11 is 0. The van der Waals surface area contributed by atoms with Crippen molar-refractivity contribution in [1.82, 2.24) is 5.48 Å². The van der Waals surface area contributed by atoms with Gasteiger partial charge >= 0.3 is 0 Å². The van der Waals surface area contributed by atoms with E-state index in [1.165, 1.54) is 0 Å². The molecule has 4 heteroatoms. The molecule has 1 amide bonds. The van der Waals surface area contributed by atoms with E-state index in [2.05, 4.69) is 5.48 Å². The number of carbonyl (C=O) groups is 1. The van der Waals surface area contributed by atoms with Crippen LogP contribution in [0.1, 0.15) is 25.3 Å². The molecule has 4 nitrogen and oxygen atoms in total. The van der Waals surface area contributed by atoms with Crippen LogP contribution in [0.25, 0.3) is 0 Å². The molecule has 1 unspecified atom stereocenters. The lowest BCUT2D eigenvalue weighted by Gasteiger charge is -2.11. The Morgan fingerprint density at radius 3 is 2.76 bits per heavy atom. The Morgan fingerprint density at radius 2 is 2.12 bits per heavy atom. The molecule has 0 aliphatic heterocycles. The molecule has 0 saturated carbocycles. The average molecular weight is 236 g/mol. The number of nitrogens with two attached hydrogens (primary N) is 1. The molecule has 0 saturated heterocycles. The Morgan fingerprint density at radius 1 is 1.41 bits per heavy atom. The van der Waals surface area contributed by atoms with E-state index >= 15 is 0 Å². The number of hydroxylamine groups is 1. The van der Waals surface area contributed by atoms with Crippen LogP contribution in [0, 0.1) is 5.92 Å². The summed E-state index contributed by atoms with van der Waals surface area (Å²) in [7, 11) is 0. The maximum Gasteiger partial charge on any atom is 0.246 e. The van der Waals surface area contributed by atoms with Gasteiger partial charge < -0.3 is 5.73 Å². The lowest BCUT2D eigenvalue weighted by molar-refractivity contribution is -0.138. The summed E-state index contributed by atoms with van der Waals surface area (Å²) in [5, 5.41) is 0. The van der Waals surface area contributed by atoms with Crippen LogP contribution in [0.2, 0.25) is 0 Å². The largest absolute Gasteiger partial charge is 0.330 e. The van der Waals surface area contributed by atoms with Crippen molar-refractivity contribution < 1.29 is 9.63 Å². The summed E-state index contributed by atoms with van der Waals surface area (Å²) in [4.78, 5) is 16.7. The summed E-state index contributed by atoms with van der Waals surface area (Å²) in [6.07, 6.45) is 1.64. The number of benzene rings is 1. The first-order chi connectivity index (χ1) is 8.24. The molecule has 0 bridgehead atoms. The van der Waals surface area contributed by atoms with Crippen molar-refractivity contribution in [1.29, 1.82) is 0 Å². The number of hydrogen-bond acceptors (Lipinski definition) is 3. The minimum atomic E-state index is -0.0885. The third-order valence-corrected chi connectivity index (χ3v) is 2.54. The van der Waals surface area contributed by atoms with Crippen LogP contribution in [0.4, 0.5) is 0 Å². The van der Waals surface area contributed by atoms with Crippen molar-refractivity contribution in [3.05, 3.63) is 35.9 Å². The quantitative estimate of drug-likeness (QED) is 0.707. The van der Waals surface area contributed by atoms with E-state index in [4.69, 9.17) is 10.6 Å². The van der Waals surface area contributed by atoms with Gasteiger partial charge in [-0.3, -0.25) is 9.63 Å². The average Bonchev–Trinajstić information content (AvgIpc) is 2.37. The molecule has 0 aliphatic carbocycles. The monoisotopic (exact) mass is 236 g/mol. The van der Waals surface area contributed by atoms with Gasteiger partial charge in [-0.25, -0.2) is 5.48 Å². The number of amides is 1. The lowest BCUT2D eigenvalue weighted by atomic mass is 10.1. The molecule has 3 N–H and O–H groups in total. The van der Waals surface area contributed by atoms with E-state index in [9.17, 15) is 4.79 Å². The molecule has 17 heavy (non-hydrogen) atoms. The molecule has 0 spiro atoms. The molecule has 1 aromatic carbocycles. The van der Waals surface area contributed by atoms with Crippen molar-refractivity contribution >= 4 is 5.91 Å². The zero-order chi connectivity index (χ0) is 12.5. The number of rotatable bonds is 7. The standard InChI is InChI=1S/C13H20N2O2/c1-11(6-5-9-14)13(16)15-17-10-12-7-3-2-4-8-12/h2-4,7-8,11H,5-6,9-10,14H2,1H3,(H,15,16). The van der Waals surface area contributed by atoms with Gasteiger partial charge in [-0.15, -0.1) is 0 Å². The molecular formula is C13H20N2O2. The van der Waals surface area contributed by atoms with Gasteiger partial charge in [0.15, 0.2) is 0 Å². The minimum Gasteiger partial charge on any atom is -0.330 e. The summed E-state index contributed by atoms with van der Waals surface area (Å²) in [5.41, 5.74) is 8.88. The molecule has 94 valence electrons. The fraction of sp³-hybridized carbons (Fsp3) is 0.462. The summed E-state index contributed by atoms with van der Waals surface area (Å²) in [5.74, 6) is -0.149. The smallest absolute Gasteiger partial charge is 0.246 e. The van der Waals surface area contributed by atoms with E-state index in [-0.39, 0.29) is 11.8 Å². The van der Waals surface area contributed by atoms with Crippen LogP contribution >= 0.6 is 0 Å². The van der Waals surface area contributed by atoms with Crippen molar-refractivity contribution in [3.8, 4) is 0 Å². The van der Waals surface area contributed by atoms with Gasteiger partial charge in [0.05, 0.1) is 6.61 Å². The Labute approximate surface area is 102 Å². The Hall–Kier alpha value is -1.39. The molecule has 0 heterocycles. The van der Waals surface area contributed by atoms with Gasteiger partial charge in [0.2, 0.25) is 5.91 Å². The van der Waals surface area contributed by atoms with Gasteiger partial charge in [0.1, 0.15) is 0 Å². The Balaban J connectivity index is 2.20. The molecule has 1 aromatic rings. The third kappa shape index (κ3) is 5.47. The number of carbonyl (C=O) groups excluding carboxylic acids is 1. The predicted octanol–water partition coefficient (Wildman–Crippen LogP) is 1.61. The van der Waals surface area contributed by atoms with Gasteiger partial charge in [0.25, 0.3) is 0 Å². The maximum atomic E-state index is 11.6. The molecule has 1 rings (SSSR count). The van der Waals surface area contributed by atoms with Gasteiger partial charge in [-0.2, -0.15) is 0 Å². The lowest BCUT2D eigenvalue weighted by Crippen LogP contribution is -2.29. The minimum absolute atomic E-state index is 0.0608. The SMILES string of the molecule is CC(CCCN)C(=O)NOCc1ccccc1. The Bertz CT molecular complexity index is 327. The second kappa shape index (κ2) is 7.81. The van der Waals surface area contributed by atoms with Gasteiger partial charge in [0, 0.05) is 5.92 Å². The second-order valence-corrected chi connectivity index (χ2v) is 4.07. The molecule has 0 aromatic heterocycles. The predicted molar refractivity (Wildman–Crippen MR) is 66.8 cm³/mol. The highest BCUT2D eigenvalue weighted by atomic mass is 16.6. The zero-order valence-corrected chi connectivity index (χ0v) is 10.2. The molecule has 1 atom stereocenters. The summed E-state index contributed by atoms with van der Waals surface area (Å²) in [6, 6.07) is 9.71. The van der Waals surface area contributed by atoms with E-state index in [1.54, 1.807) is 0 Å². The summed E-state index contributed by atoms with van der Waals surface area (Å²) in [6.45, 7) is 2.87. The molecular weight excluding hydrogens is 216 g/mol. The van der Waals surface area contributed by atoms with E-state index in [1.807, 2.05) is 37.3 Å². The third-order valence-electron chi connectivity index (χ3n) is 2.54. The van der Waals surface area contributed by atoms with Crippen LogP contribution in [-0.2, 0) is 16.2 Å². The fourth-order valence-corrected chi connectivity index (χ4v) is 1.42.